The van der Waals surface area contributed by atoms with Crippen LogP contribution in [0.15, 0.2) is 35.9 Å². The molecule has 0 atom stereocenters. The van der Waals surface area contributed by atoms with Crippen LogP contribution in [0.25, 0.3) is 0 Å². The molecule has 1 aliphatic rings. The molecule has 0 saturated carbocycles. The molecule has 0 unspecified atom stereocenters. The van der Waals surface area contributed by atoms with Gasteiger partial charge in [0.2, 0.25) is 0 Å². The average molecular weight is 317 g/mol. The Morgan fingerprint density at radius 3 is 2.74 bits per heavy atom. The summed E-state index contributed by atoms with van der Waals surface area (Å²) in [6, 6.07) is 5.46. The monoisotopic (exact) mass is 317 g/mol. The number of carbonyl (C=O) groups excluding carboxylic acids is 2. The van der Waals surface area contributed by atoms with Crippen LogP contribution in [0.3, 0.4) is 0 Å². The molecule has 1 aromatic rings. The molecule has 0 spiro atoms. The van der Waals surface area contributed by atoms with Gasteiger partial charge >= 0.3 is 11.8 Å². The van der Waals surface area contributed by atoms with Crippen LogP contribution in [0.5, 0.6) is 0 Å². The lowest BCUT2D eigenvalue weighted by atomic mass is 9.97. The largest absolute Gasteiger partial charge is 0.348 e. The van der Waals surface area contributed by atoms with Gasteiger partial charge in [-0.1, -0.05) is 17.7 Å². The first kappa shape index (κ1) is 16.7. The molecule has 0 aliphatic heterocycles. The molecule has 122 valence electrons. The number of benzene rings is 1. The van der Waals surface area contributed by atoms with Gasteiger partial charge in [-0.3, -0.25) is 19.7 Å². The molecule has 1 aromatic carbocycles. The highest BCUT2D eigenvalue weighted by Gasteiger charge is 2.15. The maximum Gasteiger partial charge on any atom is 0.313 e. The zero-order chi connectivity index (χ0) is 16.7. The van der Waals surface area contributed by atoms with E-state index in [0.29, 0.717) is 6.54 Å². The van der Waals surface area contributed by atoms with E-state index in [0.717, 1.165) is 19.3 Å². The Morgan fingerprint density at radius 2 is 2.04 bits per heavy atom. The van der Waals surface area contributed by atoms with Crippen molar-refractivity contribution in [3.63, 3.8) is 0 Å². The number of hydrogen-bond acceptors (Lipinski definition) is 4. The summed E-state index contributed by atoms with van der Waals surface area (Å²) in [5.74, 6) is -1.57. The first-order chi connectivity index (χ1) is 11.1. The van der Waals surface area contributed by atoms with E-state index < -0.39 is 16.7 Å². The van der Waals surface area contributed by atoms with Gasteiger partial charge < -0.3 is 10.6 Å². The fraction of sp³-hybridized carbons (Fsp3) is 0.375. The van der Waals surface area contributed by atoms with Crippen LogP contribution in [-0.2, 0) is 9.59 Å². The van der Waals surface area contributed by atoms with E-state index in [2.05, 4.69) is 16.7 Å². The number of hydrogen-bond donors (Lipinski definition) is 2. The van der Waals surface area contributed by atoms with E-state index in [9.17, 15) is 19.7 Å². The molecule has 0 fully saturated rings. The number of amides is 2. The van der Waals surface area contributed by atoms with Gasteiger partial charge in [0.25, 0.3) is 5.69 Å². The first-order valence-electron chi connectivity index (χ1n) is 7.58. The first-order valence-corrected chi connectivity index (χ1v) is 7.58. The van der Waals surface area contributed by atoms with Crippen LogP contribution < -0.4 is 10.6 Å². The van der Waals surface area contributed by atoms with Gasteiger partial charge in [0.1, 0.15) is 0 Å². The van der Waals surface area contributed by atoms with Crippen LogP contribution in [-0.4, -0.2) is 23.3 Å². The number of anilines is 1. The topological polar surface area (TPSA) is 101 Å². The summed E-state index contributed by atoms with van der Waals surface area (Å²) in [4.78, 5) is 33.6. The number of nitrogens with zero attached hydrogens (tertiary/aromatic N) is 1. The lowest BCUT2D eigenvalue weighted by Crippen LogP contribution is -2.36. The summed E-state index contributed by atoms with van der Waals surface area (Å²) < 4.78 is 0. The Balaban J connectivity index is 1.80. The van der Waals surface area contributed by atoms with Crippen LogP contribution in [0.2, 0.25) is 0 Å². The highest BCUT2D eigenvalue weighted by molar-refractivity contribution is 6.39. The van der Waals surface area contributed by atoms with Crippen molar-refractivity contribution in [1.29, 1.82) is 0 Å². The summed E-state index contributed by atoms with van der Waals surface area (Å²) in [6.45, 7) is 0.410. The summed E-state index contributed by atoms with van der Waals surface area (Å²) in [5, 5.41) is 15.6. The maximum atomic E-state index is 11.8. The summed E-state index contributed by atoms with van der Waals surface area (Å²) in [6.07, 6.45) is 7.45. The predicted octanol–water partition coefficient (Wildman–Crippen LogP) is 2.54. The normalized spacial score (nSPS) is 13.8. The number of allylic oxidation sites excluding steroid dienone is 1. The molecule has 7 heteroatoms. The third-order valence-electron chi connectivity index (χ3n) is 3.64. The fourth-order valence-electron chi connectivity index (χ4n) is 2.43. The average Bonchev–Trinajstić information content (AvgIpc) is 2.56. The van der Waals surface area contributed by atoms with Gasteiger partial charge in [-0.05, 0) is 38.2 Å². The molecule has 2 amide bonds. The Bertz CT molecular complexity index is 640. The van der Waals surface area contributed by atoms with Crippen LogP contribution >= 0.6 is 0 Å². The molecule has 0 saturated heterocycles. The highest BCUT2D eigenvalue weighted by atomic mass is 16.6. The quantitative estimate of drug-likeness (QED) is 0.377. The van der Waals surface area contributed by atoms with Gasteiger partial charge in [0, 0.05) is 24.4 Å². The van der Waals surface area contributed by atoms with Gasteiger partial charge in [0.15, 0.2) is 0 Å². The second kappa shape index (κ2) is 8.07. The van der Waals surface area contributed by atoms with Crippen molar-refractivity contribution in [3.05, 3.63) is 46.0 Å². The molecule has 0 aromatic heterocycles. The standard InChI is InChI=1S/C16H19N3O4/c20-15(17-10-9-12-5-2-1-3-6-12)16(21)18-13-7-4-8-14(11-13)19(22)23/h4-5,7-8,11H,1-3,6,9-10H2,(H,17,20)(H,18,21). The highest BCUT2D eigenvalue weighted by Crippen LogP contribution is 2.19. The number of nitro benzene ring substituents is 1. The van der Waals surface area contributed by atoms with Crippen molar-refractivity contribution in [2.45, 2.75) is 32.1 Å². The summed E-state index contributed by atoms with van der Waals surface area (Å²) in [5.41, 5.74) is 1.39. The van der Waals surface area contributed by atoms with Gasteiger partial charge in [-0.15, -0.1) is 0 Å². The van der Waals surface area contributed by atoms with Crippen molar-refractivity contribution in [2.75, 3.05) is 11.9 Å². The maximum absolute atomic E-state index is 11.8. The van der Waals surface area contributed by atoms with E-state index >= 15 is 0 Å². The summed E-state index contributed by atoms with van der Waals surface area (Å²) >= 11 is 0. The number of nitro groups is 1. The van der Waals surface area contributed by atoms with E-state index in [4.69, 9.17) is 0 Å². The third kappa shape index (κ3) is 5.21. The number of non-ortho nitro benzene ring substituents is 1. The zero-order valence-electron chi connectivity index (χ0n) is 12.7. The van der Waals surface area contributed by atoms with Crippen molar-refractivity contribution in [3.8, 4) is 0 Å². The molecule has 2 N–H and O–H groups in total. The number of carbonyl (C=O) groups is 2. The minimum Gasteiger partial charge on any atom is -0.348 e. The molecular formula is C16H19N3O4. The molecule has 0 bridgehead atoms. The van der Waals surface area contributed by atoms with Crippen molar-refractivity contribution >= 4 is 23.2 Å². The predicted molar refractivity (Wildman–Crippen MR) is 85.9 cm³/mol. The second-order valence-corrected chi connectivity index (χ2v) is 5.38. The van der Waals surface area contributed by atoms with Gasteiger partial charge in [0.05, 0.1) is 4.92 Å². The molecular weight excluding hydrogens is 298 g/mol. The van der Waals surface area contributed by atoms with Gasteiger partial charge in [-0.25, -0.2) is 0 Å². The molecule has 0 heterocycles. The molecule has 2 rings (SSSR count). The minimum absolute atomic E-state index is 0.146. The van der Waals surface area contributed by atoms with E-state index in [1.54, 1.807) is 0 Å². The lowest BCUT2D eigenvalue weighted by molar-refractivity contribution is -0.384. The van der Waals surface area contributed by atoms with Crippen LogP contribution in [0.4, 0.5) is 11.4 Å². The SMILES string of the molecule is O=C(NCCC1=CCCCC1)C(=O)Nc1cccc([N+](=O)[O-])c1. The minimum atomic E-state index is -0.830. The van der Waals surface area contributed by atoms with Crippen LogP contribution in [0.1, 0.15) is 32.1 Å². The zero-order valence-corrected chi connectivity index (χ0v) is 12.7. The van der Waals surface area contributed by atoms with Crippen molar-refractivity contribution < 1.29 is 14.5 Å². The molecule has 7 nitrogen and oxygen atoms in total. The number of nitrogens with one attached hydrogen (secondary N) is 2. The number of rotatable bonds is 5. The molecule has 0 radical (unpaired) electrons. The Morgan fingerprint density at radius 1 is 1.22 bits per heavy atom. The Hall–Kier alpha value is -2.70. The Labute approximate surface area is 133 Å². The van der Waals surface area contributed by atoms with E-state index in [1.165, 1.54) is 42.7 Å². The van der Waals surface area contributed by atoms with Crippen molar-refractivity contribution in [2.24, 2.45) is 0 Å². The summed E-state index contributed by atoms with van der Waals surface area (Å²) in [7, 11) is 0. The van der Waals surface area contributed by atoms with E-state index in [-0.39, 0.29) is 11.4 Å². The van der Waals surface area contributed by atoms with E-state index in [1.807, 2.05) is 0 Å². The second-order valence-electron chi connectivity index (χ2n) is 5.38. The van der Waals surface area contributed by atoms with Crippen LogP contribution in [0, 0.1) is 10.1 Å². The fourth-order valence-corrected chi connectivity index (χ4v) is 2.43. The van der Waals surface area contributed by atoms with Gasteiger partial charge in [-0.2, -0.15) is 0 Å². The third-order valence-corrected chi connectivity index (χ3v) is 3.64. The molecule has 23 heavy (non-hydrogen) atoms. The van der Waals surface area contributed by atoms with Crippen molar-refractivity contribution in [1.82, 2.24) is 5.32 Å². The Kier molecular flexibility index (Phi) is 5.85. The lowest BCUT2D eigenvalue weighted by Gasteiger charge is -2.12. The molecule has 1 aliphatic carbocycles. The smallest absolute Gasteiger partial charge is 0.313 e.